The average molecular weight is 187 g/mol. The Morgan fingerprint density at radius 2 is 2.08 bits per heavy atom. The van der Waals surface area contributed by atoms with Gasteiger partial charge in [-0.15, -0.1) is 0 Å². The molecule has 13 heavy (non-hydrogen) atoms. The smallest absolute Gasteiger partial charge is 0.307 e. The van der Waals surface area contributed by atoms with Gasteiger partial charge in [-0.05, 0) is 6.92 Å². The molecule has 0 aliphatic carbocycles. The molecule has 2 unspecified atom stereocenters. The molecule has 0 amide bonds. The molecule has 1 aliphatic rings. The van der Waals surface area contributed by atoms with Crippen LogP contribution in [0.5, 0.6) is 0 Å². The van der Waals surface area contributed by atoms with Gasteiger partial charge < -0.3 is 10.2 Å². The van der Waals surface area contributed by atoms with E-state index in [0.29, 0.717) is 5.92 Å². The zero-order valence-corrected chi connectivity index (χ0v) is 8.10. The highest BCUT2D eigenvalue weighted by atomic mass is 16.4. The van der Waals surface area contributed by atoms with Gasteiger partial charge in [-0.2, -0.15) is 0 Å². The van der Waals surface area contributed by atoms with Gasteiger partial charge in [0.1, 0.15) is 0 Å². The van der Waals surface area contributed by atoms with E-state index < -0.39 is 5.97 Å². The number of aliphatic hydroxyl groups is 1. The number of rotatable bonds is 4. The molecule has 0 aromatic heterocycles. The van der Waals surface area contributed by atoms with Gasteiger partial charge in [-0.3, -0.25) is 9.69 Å². The van der Waals surface area contributed by atoms with Crippen molar-refractivity contribution in [1.82, 2.24) is 4.90 Å². The number of carboxylic acid groups (broad SMARTS) is 1. The molecule has 2 atom stereocenters. The Morgan fingerprint density at radius 3 is 2.46 bits per heavy atom. The number of carboxylic acids is 1. The summed E-state index contributed by atoms with van der Waals surface area (Å²) in [5.41, 5.74) is 0. The Bertz CT molecular complexity index is 189. The van der Waals surface area contributed by atoms with Crippen molar-refractivity contribution in [3.8, 4) is 0 Å². The zero-order valence-electron chi connectivity index (χ0n) is 8.10. The second-order valence-corrected chi connectivity index (χ2v) is 3.87. The minimum absolute atomic E-state index is 0.0697. The molecule has 0 aromatic carbocycles. The Balaban J connectivity index is 2.34. The molecule has 1 rings (SSSR count). The fourth-order valence-corrected chi connectivity index (χ4v) is 1.58. The lowest BCUT2D eigenvalue weighted by atomic mass is 9.93. The van der Waals surface area contributed by atoms with Crippen molar-refractivity contribution in [1.29, 1.82) is 0 Å². The molecule has 1 aliphatic heterocycles. The fraction of sp³-hybridized carbons (Fsp3) is 0.889. The summed E-state index contributed by atoms with van der Waals surface area (Å²) in [6, 6.07) is 0.0697. The number of likely N-dealkylation sites (tertiary alicyclic amines) is 1. The summed E-state index contributed by atoms with van der Waals surface area (Å²) in [7, 11) is 0. The first kappa shape index (κ1) is 10.5. The van der Waals surface area contributed by atoms with Crippen molar-refractivity contribution in [2.24, 2.45) is 11.8 Å². The van der Waals surface area contributed by atoms with Crippen molar-refractivity contribution in [3.05, 3.63) is 0 Å². The van der Waals surface area contributed by atoms with Crippen molar-refractivity contribution in [2.45, 2.75) is 19.9 Å². The molecular formula is C9H17NO3. The maximum atomic E-state index is 10.7. The van der Waals surface area contributed by atoms with Gasteiger partial charge in [0.25, 0.3) is 0 Å². The Kier molecular flexibility index (Phi) is 3.27. The second-order valence-electron chi connectivity index (χ2n) is 3.87. The van der Waals surface area contributed by atoms with Crippen LogP contribution in [0.1, 0.15) is 13.8 Å². The van der Waals surface area contributed by atoms with Gasteiger partial charge in [0.15, 0.2) is 0 Å². The number of nitrogens with zero attached hydrogens (tertiary/aromatic N) is 1. The third-order valence-electron chi connectivity index (χ3n) is 2.93. The van der Waals surface area contributed by atoms with E-state index in [1.807, 2.05) is 6.92 Å². The third-order valence-corrected chi connectivity index (χ3v) is 2.93. The van der Waals surface area contributed by atoms with E-state index in [1.165, 1.54) is 0 Å². The summed E-state index contributed by atoms with van der Waals surface area (Å²) in [5, 5.41) is 17.6. The normalized spacial score (nSPS) is 23.6. The first-order valence-electron chi connectivity index (χ1n) is 4.64. The maximum absolute atomic E-state index is 10.7. The van der Waals surface area contributed by atoms with Crippen LogP contribution in [0.4, 0.5) is 0 Å². The predicted molar refractivity (Wildman–Crippen MR) is 48.4 cm³/mol. The molecule has 1 fully saturated rings. The highest BCUT2D eigenvalue weighted by Crippen LogP contribution is 2.22. The van der Waals surface area contributed by atoms with Crippen molar-refractivity contribution in [3.63, 3.8) is 0 Å². The van der Waals surface area contributed by atoms with Crippen LogP contribution in [-0.2, 0) is 4.79 Å². The summed E-state index contributed by atoms with van der Waals surface area (Å²) in [6.07, 6.45) is 0. The van der Waals surface area contributed by atoms with Crippen LogP contribution in [0.15, 0.2) is 0 Å². The predicted octanol–water partition coefficient (Wildman–Crippen LogP) is 0.0197. The van der Waals surface area contributed by atoms with Crippen molar-refractivity contribution >= 4 is 5.97 Å². The molecule has 76 valence electrons. The number of carbonyl (C=O) groups is 1. The Morgan fingerprint density at radius 1 is 1.54 bits per heavy atom. The Labute approximate surface area is 78.2 Å². The maximum Gasteiger partial charge on any atom is 0.307 e. The SMILES string of the molecule is CC(C(=O)O)C(C)N1CC(CO)C1. The Hall–Kier alpha value is -0.610. The summed E-state index contributed by atoms with van der Waals surface area (Å²) in [6.45, 7) is 5.51. The quantitative estimate of drug-likeness (QED) is 0.651. The van der Waals surface area contributed by atoms with Crippen LogP contribution in [0, 0.1) is 11.8 Å². The van der Waals surface area contributed by atoms with Gasteiger partial charge >= 0.3 is 5.97 Å². The molecule has 2 N–H and O–H groups in total. The van der Waals surface area contributed by atoms with E-state index in [9.17, 15) is 4.79 Å². The number of aliphatic carboxylic acids is 1. The highest BCUT2D eigenvalue weighted by molar-refractivity contribution is 5.70. The summed E-state index contributed by atoms with van der Waals surface area (Å²) < 4.78 is 0. The zero-order chi connectivity index (χ0) is 10.0. The molecule has 0 saturated carbocycles. The molecule has 0 spiro atoms. The first-order chi connectivity index (χ1) is 6.06. The standard InChI is InChI=1S/C9H17NO3/c1-6(9(12)13)7(2)10-3-8(4-10)5-11/h6-8,11H,3-5H2,1-2H3,(H,12,13). The molecule has 4 heteroatoms. The first-order valence-corrected chi connectivity index (χ1v) is 4.64. The van der Waals surface area contributed by atoms with E-state index in [4.69, 9.17) is 10.2 Å². The molecule has 1 heterocycles. The van der Waals surface area contributed by atoms with Crippen molar-refractivity contribution in [2.75, 3.05) is 19.7 Å². The number of hydrogen-bond donors (Lipinski definition) is 2. The van der Waals surface area contributed by atoms with Crippen LogP contribution in [0.3, 0.4) is 0 Å². The lowest BCUT2D eigenvalue weighted by Gasteiger charge is -2.43. The van der Waals surface area contributed by atoms with Crippen molar-refractivity contribution < 1.29 is 15.0 Å². The van der Waals surface area contributed by atoms with Crippen LogP contribution < -0.4 is 0 Å². The topological polar surface area (TPSA) is 60.8 Å². The molecule has 4 nitrogen and oxygen atoms in total. The molecule has 0 radical (unpaired) electrons. The van der Waals surface area contributed by atoms with Crippen LogP contribution >= 0.6 is 0 Å². The fourth-order valence-electron chi connectivity index (χ4n) is 1.58. The minimum Gasteiger partial charge on any atom is -0.481 e. The minimum atomic E-state index is -0.750. The summed E-state index contributed by atoms with van der Waals surface area (Å²) >= 11 is 0. The van der Waals surface area contributed by atoms with E-state index in [1.54, 1.807) is 6.92 Å². The average Bonchev–Trinajstić information content (AvgIpc) is 2.00. The van der Waals surface area contributed by atoms with Gasteiger partial charge in [-0.1, -0.05) is 6.92 Å². The van der Waals surface area contributed by atoms with Gasteiger partial charge in [0.05, 0.1) is 5.92 Å². The van der Waals surface area contributed by atoms with Gasteiger partial charge in [0, 0.05) is 31.7 Å². The van der Waals surface area contributed by atoms with Crippen LogP contribution in [-0.4, -0.2) is 46.8 Å². The van der Waals surface area contributed by atoms with Gasteiger partial charge in [0.2, 0.25) is 0 Å². The largest absolute Gasteiger partial charge is 0.481 e. The molecule has 0 bridgehead atoms. The van der Waals surface area contributed by atoms with E-state index in [-0.39, 0.29) is 18.6 Å². The molecule has 0 aromatic rings. The summed E-state index contributed by atoms with van der Waals surface area (Å²) in [5.74, 6) is -0.733. The van der Waals surface area contributed by atoms with E-state index >= 15 is 0 Å². The lowest BCUT2D eigenvalue weighted by Crippen LogP contribution is -2.55. The second kappa shape index (κ2) is 4.07. The molecular weight excluding hydrogens is 170 g/mol. The lowest BCUT2D eigenvalue weighted by molar-refractivity contribution is -0.144. The molecule has 1 saturated heterocycles. The van der Waals surface area contributed by atoms with E-state index in [2.05, 4.69) is 4.90 Å². The number of hydrogen-bond acceptors (Lipinski definition) is 3. The van der Waals surface area contributed by atoms with Gasteiger partial charge in [-0.25, -0.2) is 0 Å². The van der Waals surface area contributed by atoms with Crippen LogP contribution in [0.25, 0.3) is 0 Å². The van der Waals surface area contributed by atoms with Crippen LogP contribution in [0.2, 0.25) is 0 Å². The van der Waals surface area contributed by atoms with E-state index in [0.717, 1.165) is 13.1 Å². The number of aliphatic hydroxyl groups excluding tert-OH is 1. The summed E-state index contributed by atoms with van der Waals surface area (Å²) in [4.78, 5) is 12.8. The third kappa shape index (κ3) is 2.19. The highest BCUT2D eigenvalue weighted by Gasteiger charge is 2.34. The monoisotopic (exact) mass is 187 g/mol.